The lowest BCUT2D eigenvalue weighted by Crippen LogP contribution is -2.23. The van der Waals surface area contributed by atoms with Gasteiger partial charge >= 0.3 is 5.97 Å². The van der Waals surface area contributed by atoms with Crippen LogP contribution in [-0.4, -0.2) is 5.97 Å². The predicted molar refractivity (Wildman–Crippen MR) is 116 cm³/mol. The largest absolute Gasteiger partial charge is 0.424 e. The predicted octanol–water partition coefficient (Wildman–Crippen LogP) is 8.07. The number of benzene rings is 1. The molecule has 2 fully saturated rings. The average Bonchev–Trinajstić information content (AvgIpc) is 2.80. The minimum Gasteiger partial charge on any atom is -0.424 e. The van der Waals surface area contributed by atoms with E-state index in [2.05, 4.69) is 13.2 Å². The number of carbonyl (C=O) groups is 1. The monoisotopic (exact) mass is 450 g/mol. The van der Waals surface area contributed by atoms with E-state index in [1.165, 1.54) is 6.92 Å². The van der Waals surface area contributed by atoms with Crippen molar-refractivity contribution < 1.29 is 27.1 Å². The van der Waals surface area contributed by atoms with Gasteiger partial charge in [0.05, 0.1) is 5.92 Å². The molecule has 1 aromatic rings. The molecule has 0 heterocycles. The van der Waals surface area contributed by atoms with Crippen LogP contribution in [0.1, 0.15) is 87.7 Å². The minimum atomic E-state index is -1.35. The molecule has 6 heteroatoms. The lowest BCUT2D eigenvalue weighted by molar-refractivity contribution is -0.145. The Morgan fingerprint density at radius 2 is 1.34 bits per heavy atom. The van der Waals surface area contributed by atoms with Gasteiger partial charge in [0.2, 0.25) is 5.83 Å². The van der Waals surface area contributed by atoms with Crippen molar-refractivity contribution in [3.63, 3.8) is 0 Å². The van der Waals surface area contributed by atoms with E-state index in [9.17, 15) is 22.4 Å². The number of hydrogen-bond acceptors (Lipinski definition) is 2. The van der Waals surface area contributed by atoms with Crippen LogP contribution in [-0.2, 0) is 9.53 Å². The second kappa shape index (κ2) is 10.5. The van der Waals surface area contributed by atoms with Gasteiger partial charge in [-0.05, 0) is 74.0 Å². The lowest BCUT2D eigenvalue weighted by atomic mass is 9.77. The number of halogens is 4. The first kappa shape index (κ1) is 24.3. The summed E-state index contributed by atoms with van der Waals surface area (Å²) in [5, 5.41) is 0. The Balaban J connectivity index is 1.61. The molecule has 1 aromatic carbocycles. The van der Waals surface area contributed by atoms with Crippen LogP contribution >= 0.6 is 0 Å². The molecule has 174 valence electrons. The SMILES string of the molecule is C=C(C)/C(F)=C(/F)C(=C)OC(=O)C1CCC(c2ccc(C3CCCCC3)c(F)c2F)CC1. The molecular formula is C26H30F4O2. The number of ether oxygens (including phenoxy) is 1. The summed E-state index contributed by atoms with van der Waals surface area (Å²) < 4.78 is 62.1. The Morgan fingerprint density at radius 3 is 1.84 bits per heavy atom. The van der Waals surface area contributed by atoms with E-state index in [-0.39, 0.29) is 17.4 Å². The number of esters is 1. The van der Waals surface area contributed by atoms with Gasteiger partial charge in [-0.3, -0.25) is 4.79 Å². The van der Waals surface area contributed by atoms with Crippen LogP contribution in [0.4, 0.5) is 17.6 Å². The molecule has 0 saturated heterocycles. The van der Waals surface area contributed by atoms with Gasteiger partial charge in [-0.25, -0.2) is 13.2 Å². The Labute approximate surface area is 187 Å². The molecular weight excluding hydrogens is 420 g/mol. The lowest BCUT2D eigenvalue weighted by Gasteiger charge is -2.29. The molecule has 0 unspecified atom stereocenters. The summed E-state index contributed by atoms with van der Waals surface area (Å²) in [5.74, 6) is -6.12. The van der Waals surface area contributed by atoms with E-state index in [1.807, 2.05) is 0 Å². The highest BCUT2D eigenvalue weighted by atomic mass is 19.2. The second-order valence-electron chi connectivity index (χ2n) is 9.01. The highest BCUT2D eigenvalue weighted by Gasteiger charge is 2.32. The summed E-state index contributed by atoms with van der Waals surface area (Å²) >= 11 is 0. The van der Waals surface area contributed by atoms with E-state index in [4.69, 9.17) is 4.74 Å². The molecule has 2 aliphatic rings. The van der Waals surface area contributed by atoms with Crippen molar-refractivity contribution in [2.45, 2.75) is 76.5 Å². The van der Waals surface area contributed by atoms with E-state index in [0.29, 0.717) is 36.8 Å². The van der Waals surface area contributed by atoms with Gasteiger partial charge in [-0.15, -0.1) is 0 Å². The summed E-state index contributed by atoms with van der Waals surface area (Å²) in [5.41, 5.74) is 0.679. The van der Waals surface area contributed by atoms with Crippen molar-refractivity contribution in [2.75, 3.05) is 0 Å². The Morgan fingerprint density at radius 1 is 0.844 bits per heavy atom. The highest BCUT2D eigenvalue weighted by Crippen LogP contribution is 2.41. The molecule has 0 amide bonds. The van der Waals surface area contributed by atoms with Crippen molar-refractivity contribution in [1.82, 2.24) is 0 Å². The van der Waals surface area contributed by atoms with Crippen LogP contribution in [0.5, 0.6) is 0 Å². The van der Waals surface area contributed by atoms with Crippen molar-refractivity contribution in [1.29, 1.82) is 0 Å². The molecule has 2 nitrogen and oxygen atoms in total. The zero-order valence-corrected chi connectivity index (χ0v) is 18.5. The topological polar surface area (TPSA) is 26.3 Å². The molecule has 2 aliphatic carbocycles. The molecule has 0 radical (unpaired) electrons. The zero-order valence-electron chi connectivity index (χ0n) is 18.5. The smallest absolute Gasteiger partial charge is 0.314 e. The van der Waals surface area contributed by atoms with E-state index in [0.717, 1.165) is 32.1 Å². The maximum atomic E-state index is 14.9. The number of carbonyl (C=O) groups excluding carboxylic acids is 1. The van der Waals surface area contributed by atoms with Crippen molar-refractivity contribution >= 4 is 5.97 Å². The number of rotatable bonds is 6. The van der Waals surface area contributed by atoms with Crippen molar-refractivity contribution in [2.24, 2.45) is 5.92 Å². The molecule has 32 heavy (non-hydrogen) atoms. The molecule has 0 bridgehead atoms. The van der Waals surface area contributed by atoms with Crippen molar-refractivity contribution in [3.05, 3.63) is 71.0 Å². The summed E-state index contributed by atoms with van der Waals surface area (Å²) in [6.07, 6.45) is 6.73. The third-order valence-corrected chi connectivity index (χ3v) is 6.72. The maximum Gasteiger partial charge on any atom is 0.314 e. The Bertz CT molecular complexity index is 920. The van der Waals surface area contributed by atoms with Crippen LogP contribution in [0.2, 0.25) is 0 Å². The molecule has 0 N–H and O–H groups in total. The van der Waals surface area contributed by atoms with Crippen LogP contribution in [0.15, 0.2) is 48.3 Å². The van der Waals surface area contributed by atoms with Gasteiger partial charge in [-0.2, -0.15) is 4.39 Å². The van der Waals surface area contributed by atoms with Crippen LogP contribution in [0, 0.1) is 17.6 Å². The number of hydrogen-bond donors (Lipinski definition) is 0. The highest BCUT2D eigenvalue weighted by molar-refractivity contribution is 5.74. The summed E-state index contributed by atoms with van der Waals surface area (Å²) in [6, 6.07) is 3.41. The van der Waals surface area contributed by atoms with Crippen LogP contribution < -0.4 is 0 Å². The van der Waals surface area contributed by atoms with Crippen LogP contribution in [0.3, 0.4) is 0 Å². The average molecular weight is 451 g/mol. The normalized spacial score (nSPS) is 22.8. The standard InChI is InChI=1S/C26H30F4O2/c1-15(2)22(27)23(28)16(3)32-26(31)19-11-9-18(10-12-19)21-14-13-20(24(29)25(21)30)17-7-5-4-6-8-17/h13-14,17-19H,1,3-12H2,2H3/b23-22-. The third kappa shape index (κ3) is 5.33. The summed E-state index contributed by atoms with van der Waals surface area (Å²) in [6.45, 7) is 7.86. The number of allylic oxidation sites excluding steroid dienone is 3. The Kier molecular flexibility index (Phi) is 7.96. The first-order chi connectivity index (χ1) is 15.2. The first-order valence-electron chi connectivity index (χ1n) is 11.3. The molecule has 0 aliphatic heterocycles. The summed E-state index contributed by atoms with van der Waals surface area (Å²) in [4.78, 5) is 12.3. The minimum absolute atomic E-state index is 0.0788. The van der Waals surface area contributed by atoms with E-state index < -0.39 is 40.9 Å². The van der Waals surface area contributed by atoms with Crippen molar-refractivity contribution in [3.8, 4) is 0 Å². The fraction of sp³-hybridized carbons (Fsp3) is 0.500. The van der Waals surface area contributed by atoms with Gasteiger partial charge < -0.3 is 4.74 Å². The quantitative estimate of drug-likeness (QED) is 0.190. The van der Waals surface area contributed by atoms with Crippen LogP contribution in [0.25, 0.3) is 0 Å². The van der Waals surface area contributed by atoms with E-state index >= 15 is 0 Å². The molecule has 2 saturated carbocycles. The third-order valence-electron chi connectivity index (χ3n) is 6.72. The first-order valence-corrected chi connectivity index (χ1v) is 11.3. The van der Waals surface area contributed by atoms with Gasteiger partial charge in [0, 0.05) is 0 Å². The summed E-state index contributed by atoms with van der Waals surface area (Å²) in [7, 11) is 0. The fourth-order valence-corrected chi connectivity index (χ4v) is 4.82. The maximum absolute atomic E-state index is 14.9. The molecule has 0 spiro atoms. The zero-order chi connectivity index (χ0) is 23.4. The Hall–Kier alpha value is -2.37. The van der Waals surface area contributed by atoms with Gasteiger partial charge in [-0.1, -0.05) is 44.6 Å². The van der Waals surface area contributed by atoms with Gasteiger partial charge in [0.25, 0.3) is 0 Å². The van der Waals surface area contributed by atoms with Gasteiger partial charge in [0.1, 0.15) is 0 Å². The molecule has 0 atom stereocenters. The van der Waals surface area contributed by atoms with Gasteiger partial charge in [0.15, 0.2) is 23.2 Å². The second-order valence-corrected chi connectivity index (χ2v) is 9.01. The fourth-order valence-electron chi connectivity index (χ4n) is 4.82. The molecule has 0 aromatic heterocycles. The molecule has 3 rings (SSSR count). The van der Waals surface area contributed by atoms with E-state index in [1.54, 1.807) is 12.1 Å².